The number of rotatable bonds is 2. The fourth-order valence-corrected chi connectivity index (χ4v) is 3.18. The molecule has 0 aliphatic carbocycles. The largest absolute Gasteiger partial charge is 0.326 e. The molecule has 1 nitrogen and oxygen atoms in total. The molecule has 2 rings (SSSR count). The molecule has 0 amide bonds. The molecule has 0 unspecified atom stereocenters. The van der Waals surface area contributed by atoms with Crippen LogP contribution in [0.5, 0.6) is 0 Å². The van der Waals surface area contributed by atoms with Gasteiger partial charge in [-0.05, 0) is 40.8 Å². The molecule has 0 radical (unpaired) electrons. The van der Waals surface area contributed by atoms with Gasteiger partial charge in [-0.1, -0.05) is 38.4 Å². The molecule has 2 aromatic rings. The zero-order valence-electron chi connectivity index (χ0n) is 11.0. The molecule has 3 heteroatoms. The smallest absolute Gasteiger partial charge is 0.0409 e. The van der Waals surface area contributed by atoms with Crippen LogP contribution in [0.4, 0.5) is 0 Å². The van der Waals surface area contributed by atoms with Crippen LogP contribution in [0.1, 0.15) is 31.2 Å². The van der Waals surface area contributed by atoms with Crippen molar-refractivity contribution >= 4 is 22.9 Å². The summed E-state index contributed by atoms with van der Waals surface area (Å²) < 4.78 is 0. The summed E-state index contributed by atoms with van der Waals surface area (Å²) in [6.07, 6.45) is 0. The molecule has 0 saturated carbocycles. The third-order valence-corrected chi connectivity index (χ3v) is 4.68. The summed E-state index contributed by atoms with van der Waals surface area (Å²) in [5.41, 5.74) is 8.29. The van der Waals surface area contributed by atoms with Gasteiger partial charge in [0.2, 0.25) is 0 Å². The van der Waals surface area contributed by atoms with Crippen molar-refractivity contribution in [1.82, 2.24) is 0 Å². The van der Waals surface area contributed by atoms with Gasteiger partial charge in [-0.3, -0.25) is 0 Å². The normalized spacial score (nSPS) is 11.8. The first-order valence-electron chi connectivity index (χ1n) is 6.01. The first-order chi connectivity index (χ1) is 8.41. The molecular formula is C15H18ClNS. The Balaban J connectivity index is 2.46. The highest BCUT2D eigenvalue weighted by Crippen LogP contribution is 2.36. The maximum absolute atomic E-state index is 6.01. The van der Waals surface area contributed by atoms with E-state index < -0.39 is 0 Å². The molecule has 1 heterocycles. The predicted octanol–water partition coefficient (Wildman–Crippen LogP) is 4.82. The van der Waals surface area contributed by atoms with E-state index in [0.29, 0.717) is 6.54 Å². The van der Waals surface area contributed by atoms with E-state index in [4.69, 9.17) is 17.3 Å². The van der Waals surface area contributed by atoms with Gasteiger partial charge in [0.15, 0.2) is 0 Å². The number of benzene rings is 1. The van der Waals surface area contributed by atoms with Crippen LogP contribution < -0.4 is 5.73 Å². The quantitative estimate of drug-likeness (QED) is 0.838. The van der Waals surface area contributed by atoms with E-state index >= 15 is 0 Å². The zero-order valence-corrected chi connectivity index (χ0v) is 12.5. The zero-order chi connectivity index (χ0) is 13.3. The van der Waals surface area contributed by atoms with Gasteiger partial charge < -0.3 is 5.73 Å². The van der Waals surface area contributed by atoms with E-state index in [1.54, 1.807) is 0 Å². The standard InChI is InChI=1S/C15H18ClNS/c1-15(2,3)14-7-6-13(18-14)12-5-4-11(16)8-10(12)9-17/h4-8H,9,17H2,1-3H3. The van der Waals surface area contributed by atoms with E-state index in [9.17, 15) is 0 Å². The Kier molecular flexibility index (Phi) is 3.81. The summed E-state index contributed by atoms with van der Waals surface area (Å²) in [5, 5.41) is 0.742. The summed E-state index contributed by atoms with van der Waals surface area (Å²) in [4.78, 5) is 2.65. The van der Waals surface area contributed by atoms with E-state index in [0.717, 1.165) is 10.6 Å². The van der Waals surface area contributed by atoms with E-state index in [-0.39, 0.29) is 5.41 Å². The number of hydrogen-bond donors (Lipinski definition) is 1. The first-order valence-corrected chi connectivity index (χ1v) is 7.20. The Morgan fingerprint density at radius 3 is 2.44 bits per heavy atom. The molecule has 0 aliphatic heterocycles. The lowest BCUT2D eigenvalue weighted by molar-refractivity contribution is 0.604. The Hall–Kier alpha value is -0.830. The maximum Gasteiger partial charge on any atom is 0.0409 e. The summed E-state index contributed by atoms with van der Waals surface area (Å²) in [7, 11) is 0. The minimum atomic E-state index is 0.193. The molecule has 2 N–H and O–H groups in total. The Morgan fingerprint density at radius 1 is 1.17 bits per heavy atom. The molecule has 0 fully saturated rings. The van der Waals surface area contributed by atoms with Crippen molar-refractivity contribution in [3.05, 3.63) is 45.8 Å². The van der Waals surface area contributed by atoms with Crippen molar-refractivity contribution in [1.29, 1.82) is 0 Å². The Labute approximate surface area is 118 Å². The lowest BCUT2D eigenvalue weighted by Crippen LogP contribution is -2.07. The van der Waals surface area contributed by atoms with Gasteiger partial charge in [-0.2, -0.15) is 0 Å². The molecule has 1 aromatic carbocycles. The summed E-state index contributed by atoms with van der Waals surface area (Å²) in [5.74, 6) is 0. The van der Waals surface area contributed by atoms with Crippen molar-refractivity contribution in [2.24, 2.45) is 5.73 Å². The van der Waals surface area contributed by atoms with Crippen LogP contribution in [0.25, 0.3) is 10.4 Å². The summed E-state index contributed by atoms with van der Waals surface area (Å²) in [6.45, 7) is 7.20. The van der Waals surface area contributed by atoms with E-state index in [1.165, 1.54) is 15.3 Å². The molecule has 0 atom stereocenters. The monoisotopic (exact) mass is 279 g/mol. The fourth-order valence-electron chi connectivity index (χ4n) is 1.86. The van der Waals surface area contributed by atoms with Gasteiger partial charge in [0, 0.05) is 21.3 Å². The number of halogens is 1. The van der Waals surface area contributed by atoms with Crippen LogP contribution in [0.15, 0.2) is 30.3 Å². The molecule has 1 aromatic heterocycles. The predicted molar refractivity (Wildman–Crippen MR) is 81.4 cm³/mol. The second-order valence-corrected chi connectivity index (χ2v) is 6.94. The second-order valence-electron chi connectivity index (χ2n) is 5.42. The topological polar surface area (TPSA) is 26.0 Å². The SMILES string of the molecule is CC(C)(C)c1ccc(-c2ccc(Cl)cc2CN)s1. The van der Waals surface area contributed by atoms with Crippen LogP contribution in [0.3, 0.4) is 0 Å². The highest BCUT2D eigenvalue weighted by Gasteiger charge is 2.17. The van der Waals surface area contributed by atoms with Crippen LogP contribution in [-0.4, -0.2) is 0 Å². The van der Waals surface area contributed by atoms with Crippen molar-refractivity contribution in [3.8, 4) is 10.4 Å². The van der Waals surface area contributed by atoms with Crippen LogP contribution in [0.2, 0.25) is 5.02 Å². The third-order valence-electron chi connectivity index (χ3n) is 2.90. The molecule has 0 aliphatic rings. The Bertz CT molecular complexity index is 552. The van der Waals surface area contributed by atoms with Gasteiger partial charge in [0.25, 0.3) is 0 Å². The lowest BCUT2D eigenvalue weighted by Gasteiger charge is -2.15. The minimum Gasteiger partial charge on any atom is -0.326 e. The lowest BCUT2D eigenvalue weighted by atomic mass is 9.95. The van der Waals surface area contributed by atoms with Crippen molar-refractivity contribution in [3.63, 3.8) is 0 Å². The summed E-state index contributed by atoms with van der Waals surface area (Å²) >= 11 is 7.84. The van der Waals surface area contributed by atoms with Crippen molar-refractivity contribution in [2.45, 2.75) is 32.7 Å². The summed E-state index contributed by atoms with van der Waals surface area (Å²) in [6, 6.07) is 10.3. The van der Waals surface area contributed by atoms with Crippen molar-refractivity contribution in [2.75, 3.05) is 0 Å². The number of hydrogen-bond acceptors (Lipinski definition) is 2. The molecule has 18 heavy (non-hydrogen) atoms. The third kappa shape index (κ3) is 2.77. The molecule has 0 saturated heterocycles. The number of thiophene rings is 1. The number of nitrogens with two attached hydrogens (primary N) is 1. The highest BCUT2D eigenvalue weighted by atomic mass is 35.5. The molecular weight excluding hydrogens is 262 g/mol. The molecule has 0 spiro atoms. The minimum absolute atomic E-state index is 0.193. The Morgan fingerprint density at radius 2 is 1.89 bits per heavy atom. The average Bonchev–Trinajstić information content (AvgIpc) is 2.77. The maximum atomic E-state index is 6.01. The van der Waals surface area contributed by atoms with Crippen LogP contribution in [0, 0.1) is 0 Å². The van der Waals surface area contributed by atoms with E-state index in [2.05, 4.69) is 39.0 Å². The second kappa shape index (κ2) is 5.04. The first kappa shape index (κ1) is 13.6. The fraction of sp³-hybridized carbons (Fsp3) is 0.333. The highest BCUT2D eigenvalue weighted by molar-refractivity contribution is 7.15. The van der Waals surface area contributed by atoms with Gasteiger partial charge in [-0.15, -0.1) is 11.3 Å². The average molecular weight is 280 g/mol. The molecule has 96 valence electrons. The van der Waals surface area contributed by atoms with E-state index in [1.807, 2.05) is 23.5 Å². The van der Waals surface area contributed by atoms with Crippen molar-refractivity contribution < 1.29 is 0 Å². The molecule has 0 bridgehead atoms. The van der Waals surface area contributed by atoms with Crippen LogP contribution >= 0.6 is 22.9 Å². The van der Waals surface area contributed by atoms with Gasteiger partial charge in [-0.25, -0.2) is 0 Å². The van der Waals surface area contributed by atoms with Gasteiger partial charge >= 0.3 is 0 Å². The van der Waals surface area contributed by atoms with Gasteiger partial charge in [0.05, 0.1) is 0 Å². The van der Waals surface area contributed by atoms with Crippen LogP contribution in [-0.2, 0) is 12.0 Å². The van der Waals surface area contributed by atoms with Gasteiger partial charge in [0.1, 0.15) is 0 Å².